The topological polar surface area (TPSA) is 89.2 Å². The van der Waals surface area contributed by atoms with E-state index in [1.54, 1.807) is 16.6 Å². The number of H-pyrrole nitrogens is 1. The Morgan fingerprint density at radius 2 is 2.32 bits per heavy atom. The molecule has 0 amide bonds. The van der Waals surface area contributed by atoms with E-state index in [0.29, 0.717) is 17.4 Å². The first-order valence-corrected chi connectivity index (χ1v) is 7.61. The zero-order valence-electron chi connectivity index (χ0n) is 12.8. The zero-order chi connectivity index (χ0) is 15.7. The van der Waals surface area contributed by atoms with Crippen LogP contribution in [0.3, 0.4) is 0 Å². The molecule has 116 valence electrons. The Morgan fingerprint density at radius 3 is 3.05 bits per heavy atom. The van der Waals surface area contributed by atoms with Gasteiger partial charge in [0.05, 0.1) is 18.2 Å². The van der Waals surface area contributed by atoms with Crippen LogP contribution >= 0.6 is 0 Å². The van der Waals surface area contributed by atoms with Crippen molar-refractivity contribution in [1.29, 1.82) is 5.26 Å². The molecule has 1 aliphatic heterocycles. The molecule has 22 heavy (non-hydrogen) atoms. The highest BCUT2D eigenvalue weighted by molar-refractivity contribution is 5.51. The SMILES string of the molecule is CC[C@@H]1CN(c2cc(=O)[nH]c3cc(CC#N)nn23)[C@@H](C)CN1. The molecule has 0 radical (unpaired) electrons. The molecule has 3 heterocycles. The average molecular weight is 300 g/mol. The number of piperazine rings is 1. The summed E-state index contributed by atoms with van der Waals surface area (Å²) >= 11 is 0. The Labute approximate surface area is 128 Å². The quantitative estimate of drug-likeness (QED) is 0.869. The molecular formula is C15H20N6O. The Morgan fingerprint density at radius 1 is 1.50 bits per heavy atom. The van der Waals surface area contributed by atoms with Gasteiger partial charge in [-0.1, -0.05) is 6.92 Å². The van der Waals surface area contributed by atoms with E-state index in [-0.39, 0.29) is 18.0 Å². The summed E-state index contributed by atoms with van der Waals surface area (Å²) in [6.07, 6.45) is 1.27. The van der Waals surface area contributed by atoms with Crippen LogP contribution in [0.15, 0.2) is 16.9 Å². The number of anilines is 1. The maximum atomic E-state index is 12.0. The summed E-state index contributed by atoms with van der Waals surface area (Å²) in [5.74, 6) is 0.787. The smallest absolute Gasteiger partial charge is 0.253 e. The molecule has 0 unspecified atom stereocenters. The fourth-order valence-electron chi connectivity index (χ4n) is 2.93. The van der Waals surface area contributed by atoms with Gasteiger partial charge in [-0.3, -0.25) is 4.79 Å². The summed E-state index contributed by atoms with van der Waals surface area (Å²) in [7, 11) is 0. The van der Waals surface area contributed by atoms with Crippen LogP contribution in [0.4, 0.5) is 5.82 Å². The van der Waals surface area contributed by atoms with E-state index >= 15 is 0 Å². The fourth-order valence-corrected chi connectivity index (χ4v) is 2.93. The van der Waals surface area contributed by atoms with Gasteiger partial charge in [-0.15, -0.1) is 0 Å². The fraction of sp³-hybridized carbons (Fsp3) is 0.533. The molecule has 0 bridgehead atoms. The largest absolute Gasteiger partial charge is 0.351 e. The van der Waals surface area contributed by atoms with Crippen LogP contribution in [0.1, 0.15) is 26.0 Å². The maximum absolute atomic E-state index is 12.0. The van der Waals surface area contributed by atoms with Crippen molar-refractivity contribution in [3.63, 3.8) is 0 Å². The zero-order valence-corrected chi connectivity index (χ0v) is 12.8. The summed E-state index contributed by atoms with van der Waals surface area (Å²) < 4.78 is 1.74. The number of hydrogen-bond donors (Lipinski definition) is 2. The first-order valence-electron chi connectivity index (χ1n) is 7.61. The lowest BCUT2D eigenvalue weighted by Crippen LogP contribution is -2.56. The maximum Gasteiger partial charge on any atom is 0.253 e. The summed E-state index contributed by atoms with van der Waals surface area (Å²) in [6.45, 7) is 5.99. The van der Waals surface area contributed by atoms with Crippen molar-refractivity contribution in [3.8, 4) is 6.07 Å². The lowest BCUT2D eigenvalue weighted by atomic mass is 10.1. The van der Waals surface area contributed by atoms with E-state index in [4.69, 9.17) is 5.26 Å². The minimum Gasteiger partial charge on any atom is -0.351 e. The third kappa shape index (κ3) is 2.57. The molecule has 0 spiro atoms. The van der Waals surface area contributed by atoms with Crippen LogP contribution in [0.5, 0.6) is 0 Å². The lowest BCUT2D eigenvalue weighted by molar-refractivity contribution is 0.393. The highest BCUT2D eigenvalue weighted by Gasteiger charge is 2.26. The highest BCUT2D eigenvalue weighted by atomic mass is 16.1. The Kier molecular flexibility index (Phi) is 3.86. The minimum atomic E-state index is -0.148. The number of nitriles is 1. The van der Waals surface area contributed by atoms with Crippen molar-refractivity contribution >= 4 is 11.5 Å². The first kappa shape index (κ1) is 14.6. The normalized spacial score (nSPS) is 22.0. The van der Waals surface area contributed by atoms with Crippen LogP contribution in [-0.2, 0) is 6.42 Å². The molecule has 0 aromatic carbocycles. The monoisotopic (exact) mass is 300 g/mol. The molecule has 2 aromatic heterocycles. The lowest BCUT2D eigenvalue weighted by Gasteiger charge is -2.39. The first-order chi connectivity index (χ1) is 10.6. The van der Waals surface area contributed by atoms with E-state index in [1.165, 1.54) is 0 Å². The molecule has 2 atom stereocenters. The van der Waals surface area contributed by atoms with E-state index in [2.05, 4.69) is 40.2 Å². The van der Waals surface area contributed by atoms with E-state index in [0.717, 1.165) is 25.3 Å². The number of hydrogen-bond acceptors (Lipinski definition) is 5. The molecule has 1 fully saturated rings. The predicted molar refractivity (Wildman–Crippen MR) is 84.0 cm³/mol. The van der Waals surface area contributed by atoms with Crippen molar-refractivity contribution in [2.45, 2.75) is 38.8 Å². The van der Waals surface area contributed by atoms with Crippen LogP contribution in [0.2, 0.25) is 0 Å². The standard InChI is InChI=1S/C15H20N6O/c1-3-11-9-20(10(2)8-17-11)15-7-14(22)18-13-6-12(4-5-16)19-21(13)15/h6-7,10-11,17H,3-4,8-9H2,1-2H3,(H,18,22)/t10-,11+/m0/s1. The van der Waals surface area contributed by atoms with Crippen molar-refractivity contribution < 1.29 is 0 Å². The van der Waals surface area contributed by atoms with Gasteiger partial charge in [0.15, 0.2) is 0 Å². The third-order valence-electron chi connectivity index (χ3n) is 4.19. The van der Waals surface area contributed by atoms with Gasteiger partial charge in [0, 0.05) is 37.3 Å². The molecule has 0 aliphatic carbocycles. The van der Waals surface area contributed by atoms with Gasteiger partial charge in [-0.05, 0) is 13.3 Å². The number of nitrogens with zero attached hydrogens (tertiary/aromatic N) is 4. The van der Waals surface area contributed by atoms with Gasteiger partial charge in [-0.2, -0.15) is 10.4 Å². The molecule has 1 saturated heterocycles. The van der Waals surface area contributed by atoms with Crippen LogP contribution in [0.25, 0.3) is 5.65 Å². The van der Waals surface area contributed by atoms with Crippen molar-refractivity contribution in [2.75, 3.05) is 18.0 Å². The Bertz CT molecular complexity index is 770. The molecular weight excluding hydrogens is 280 g/mol. The molecule has 2 N–H and O–H groups in total. The van der Waals surface area contributed by atoms with Crippen LogP contribution in [0, 0.1) is 11.3 Å². The van der Waals surface area contributed by atoms with E-state index in [1.807, 2.05) is 0 Å². The second-order valence-electron chi connectivity index (χ2n) is 5.77. The number of rotatable bonds is 3. The van der Waals surface area contributed by atoms with E-state index in [9.17, 15) is 4.79 Å². The van der Waals surface area contributed by atoms with Crippen LogP contribution in [-0.4, -0.2) is 39.8 Å². The molecule has 1 aliphatic rings. The van der Waals surface area contributed by atoms with Gasteiger partial charge in [0.2, 0.25) is 0 Å². The number of nitrogens with one attached hydrogen (secondary N) is 2. The van der Waals surface area contributed by atoms with Gasteiger partial charge in [0.25, 0.3) is 5.56 Å². The average Bonchev–Trinajstić information content (AvgIpc) is 2.89. The van der Waals surface area contributed by atoms with Gasteiger partial charge in [-0.25, -0.2) is 4.52 Å². The number of aromatic nitrogens is 3. The minimum absolute atomic E-state index is 0.148. The third-order valence-corrected chi connectivity index (χ3v) is 4.19. The van der Waals surface area contributed by atoms with Crippen molar-refractivity contribution in [2.24, 2.45) is 0 Å². The summed E-state index contributed by atoms with van der Waals surface area (Å²) in [5, 5.41) is 16.8. The predicted octanol–water partition coefficient (Wildman–Crippen LogP) is 0.665. The molecule has 0 saturated carbocycles. The second kappa shape index (κ2) is 5.81. The van der Waals surface area contributed by atoms with Crippen molar-refractivity contribution in [1.82, 2.24) is 19.9 Å². The van der Waals surface area contributed by atoms with Gasteiger partial charge in [0.1, 0.15) is 11.5 Å². The van der Waals surface area contributed by atoms with Crippen LogP contribution < -0.4 is 15.8 Å². The second-order valence-corrected chi connectivity index (χ2v) is 5.77. The Balaban J connectivity index is 2.08. The van der Waals surface area contributed by atoms with Gasteiger partial charge >= 0.3 is 0 Å². The van der Waals surface area contributed by atoms with Crippen molar-refractivity contribution in [3.05, 3.63) is 28.2 Å². The number of aromatic amines is 1. The molecule has 3 rings (SSSR count). The number of fused-ring (bicyclic) bond motifs is 1. The Hall–Kier alpha value is -2.33. The molecule has 7 heteroatoms. The molecule has 2 aromatic rings. The summed E-state index contributed by atoms with van der Waals surface area (Å²) in [4.78, 5) is 17.0. The summed E-state index contributed by atoms with van der Waals surface area (Å²) in [6, 6.07) is 6.12. The highest BCUT2D eigenvalue weighted by Crippen LogP contribution is 2.20. The van der Waals surface area contributed by atoms with E-state index < -0.39 is 0 Å². The summed E-state index contributed by atoms with van der Waals surface area (Å²) in [5.41, 5.74) is 1.15. The molecule has 7 nitrogen and oxygen atoms in total. The van der Waals surface area contributed by atoms with Gasteiger partial charge < -0.3 is 15.2 Å².